The lowest BCUT2D eigenvalue weighted by molar-refractivity contribution is 0.123. The Balaban J connectivity index is 2.14. The number of aryl methyl sites for hydroxylation is 1. The first-order valence-electron chi connectivity index (χ1n) is 7.21. The molecule has 1 heterocycles. The second-order valence-electron chi connectivity index (χ2n) is 5.33. The Bertz CT molecular complexity index is 659. The van der Waals surface area contributed by atoms with Gasteiger partial charge in [-0.3, -0.25) is 4.90 Å². The maximum absolute atomic E-state index is 12.8. The lowest BCUT2D eigenvalue weighted by atomic mass is 10.2. The van der Waals surface area contributed by atoms with E-state index in [0.29, 0.717) is 43.9 Å². The van der Waals surface area contributed by atoms with Crippen molar-refractivity contribution in [3.63, 3.8) is 0 Å². The molecule has 0 amide bonds. The van der Waals surface area contributed by atoms with Crippen LogP contribution in [0.25, 0.3) is 0 Å². The quantitative estimate of drug-likeness (QED) is 0.802. The molecule has 120 valence electrons. The van der Waals surface area contributed by atoms with Crippen LogP contribution < -0.4 is 0 Å². The van der Waals surface area contributed by atoms with Crippen molar-refractivity contribution < 1.29 is 13.2 Å². The van der Waals surface area contributed by atoms with Crippen LogP contribution in [0.15, 0.2) is 23.1 Å². The van der Waals surface area contributed by atoms with Gasteiger partial charge in [0, 0.05) is 39.8 Å². The van der Waals surface area contributed by atoms with Gasteiger partial charge in [0.2, 0.25) is 10.0 Å². The third-order valence-corrected chi connectivity index (χ3v) is 5.92. The molecule has 1 aliphatic rings. The van der Waals surface area contributed by atoms with Gasteiger partial charge in [0.15, 0.2) is 0 Å². The van der Waals surface area contributed by atoms with E-state index in [-0.39, 0.29) is 4.90 Å². The van der Waals surface area contributed by atoms with E-state index in [1.807, 2.05) is 6.07 Å². The molecule has 7 heteroatoms. The minimum atomic E-state index is -3.54. The highest BCUT2D eigenvalue weighted by Crippen LogP contribution is 2.22. The molecule has 1 fully saturated rings. The zero-order valence-corrected chi connectivity index (χ0v) is 13.8. The fraction of sp³-hybridized carbons (Fsp3) is 0.533. The molecule has 0 saturated carbocycles. The summed E-state index contributed by atoms with van der Waals surface area (Å²) in [6.45, 7) is 5.52. The van der Waals surface area contributed by atoms with Crippen LogP contribution in [0.1, 0.15) is 11.1 Å². The first-order chi connectivity index (χ1) is 10.5. The summed E-state index contributed by atoms with van der Waals surface area (Å²) in [7, 11) is -1.89. The van der Waals surface area contributed by atoms with Crippen molar-refractivity contribution in [2.45, 2.75) is 11.8 Å². The Morgan fingerprint density at radius 2 is 1.95 bits per heavy atom. The number of rotatable bonds is 5. The Kier molecular flexibility index (Phi) is 5.53. The number of sulfonamides is 1. The highest BCUT2D eigenvalue weighted by atomic mass is 32.2. The van der Waals surface area contributed by atoms with E-state index in [1.165, 1.54) is 10.4 Å². The summed E-state index contributed by atoms with van der Waals surface area (Å²) in [5.41, 5.74) is 1.03. The maximum Gasteiger partial charge on any atom is 0.243 e. The first-order valence-corrected chi connectivity index (χ1v) is 8.65. The summed E-state index contributed by atoms with van der Waals surface area (Å²) in [5, 5.41) is 8.97. The van der Waals surface area contributed by atoms with E-state index in [9.17, 15) is 8.42 Å². The lowest BCUT2D eigenvalue weighted by Crippen LogP contribution is -2.49. The zero-order valence-electron chi connectivity index (χ0n) is 12.9. The smallest absolute Gasteiger partial charge is 0.243 e. The molecule has 1 aromatic carbocycles. The maximum atomic E-state index is 12.8. The number of hydrogen-bond donors (Lipinski definition) is 0. The summed E-state index contributed by atoms with van der Waals surface area (Å²) in [6, 6.07) is 6.77. The van der Waals surface area contributed by atoms with Gasteiger partial charge in [0.25, 0.3) is 0 Å². The molecule has 0 atom stereocenters. The second-order valence-corrected chi connectivity index (χ2v) is 7.24. The summed E-state index contributed by atoms with van der Waals surface area (Å²) in [6.07, 6.45) is 0. The van der Waals surface area contributed by atoms with E-state index in [0.717, 1.165) is 6.54 Å². The third-order valence-electron chi connectivity index (χ3n) is 3.88. The fourth-order valence-electron chi connectivity index (χ4n) is 2.50. The van der Waals surface area contributed by atoms with E-state index in [2.05, 4.69) is 4.90 Å². The number of ether oxygens (including phenoxy) is 1. The molecular weight excluding hydrogens is 302 g/mol. The number of nitrogens with zero attached hydrogens (tertiary/aromatic N) is 3. The molecular formula is C15H21N3O3S. The van der Waals surface area contributed by atoms with Gasteiger partial charge < -0.3 is 4.74 Å². The predicted octanol–water partition coefficient (Wildman–Crippen LogP) is 0.819. The Hall–Kier alpha value is -1.46. The van der Waals surface area contributed by atoms with Crippen LogP contribution in [-0.2, 0) is 14.8 Å². The number of piperazine rings is 1. The molecule has 0 aliphatic carbocycles. The van der Waals surface area contributed by atoms with Gasteiger partial charge in [-0.05, 0) is 24.6 Å². The predicted molar refractivity (Wildman–Crippen MR) is 83.0 cm³/mol. The molecule has 0 radical (unpaired) electrons. The lowest BCUT2D eigenvalue weighted by Gasteiger charge is -2.34. The van der Waals surface area contributed by atoms with E-state index in [4.69, 9.17) is 10.00 Å². The molecule has 1 saturated heterocycles. The zero-order chi connectivity index (χ0) is 16.2. The average Bonchev–Trinajstić information content (AvgIpc) is 2.53. The molecule has 0 spiro atoms. The molecule has 0 unspecified atom stereocenters. The molecule has 6 nitrogen and oxygen atoms in total. The van der Waals surface area contributed by atoms with Crippen molar-refractivity contribution in [3.05, 3.63) is 29.3 Å². The van der Waals surface area contributed by atoms with Crippen molar-refractivity contribution in [2.24, 2.45) is 0 Å². The summed E-state index contributed by atoms with van der Waals surface area (Å²) < 4.78 is 32.1. The average molecular weight is 323 g/mol. The van der Waals surface area contributed by atoms with Gasteiger partial charge >= 0.3 is 0 Å². The van der Waals surface area contributed by atoms with Crippen LogP contribution in [0.4, 0.5) is 0 Å². The van der Waals surface area contributed by atoms with Gasteiger partial charge in [0.1, 0.15) is 0 Å². The molecule has 0 bridgehead atoms. The SMILES string of the molecule is COCCN1CCN(S(=O)(=O)c2cc(C#N)ccc2C)CC1. The fourth-order valence-corrected chi connectivity index (χ4v) is 4.17. The van der Waals surface area contributed by atoms with E-state index < -0.39 is 10.0 Å². The Morgan fingerprint density at radius 1 is 1.27 bits per heavy atom. The molecule has 0 aromatic heterocycles. The van der Waals surface area contributed by atoms with Gasteiger partial charge in [0.05, 0.1) is 23.1 Å². The number of hydrogen-bond acceptors (Lipinski definition) is 5. The normalized spacial score (nSPS) is 17.3. The summed E-state index contributed by atoms with van der Waals surface area (Å²) in [4.78, 5) is 2.42. The van der Waals surface area contributed by atoms with Crippen molar-refractivity contribution in [1.82, 2.24) is 9.21 Å². The van der Waals surface area contributed by atoms with Crippen LogP contribution in [0.2, 0.25) is 0 Å². The molecule has 22 heavy (non-hydrogen) atoms. The van der Waals surface area contributed by atoms with Crippen LogP contribution in [-0.4, -0.2) is 64.1 Å². The number of benzene rings is 1. The molecule has 1 aromatic rings. The van der Waals surface area contributed by atoms with Crippen molar-refractivity contribution in [3.8, 4) is 6.07 Å². The van der Waals surface area contributed by atoms with E-state index >= 15 is 0 Å². The number of nitriles is 1. The van der Waals surface area contributed by atoms with Gasteiger partial charge in [-0.25, -0.2) is 8.42 Å². The largest absolute Gasteiger partial charge is 0.383 e. The topological polar surface area (TPSA) is 73.6 Å². The number of methoxy groups -OCH3 is 1. The summed E-state index contributed by atoms with van der Waals surface area (Å²) >= 11 is 0. The standard InChI is InChI=1S/C15H21N3O3S/c1-13-3-4-14(12-16)11-15(13)22(19,20)18-7-5-17(6-8-18)9-10-21-2/h3-4,11H,5-10H2,1-2H3. The molecule has 1 aliphatic heterocycles. The highest BCUT2D eigenvalue weighted by Gasteiger charge is 2.29. The van der Waals surface area contributed by atoms with Crippen LogP contribution in [0.3, 0.4) is 0 Å². The minimum Gasteiger partial charge on any atom is -0.383 e. The van der Waals surface area contributed by atoms with Crippen molar-refractivity contribution >= 4 is 10.0 Å². The monoisotopic (exact) mass is 323 g/mol. The second kappa shape index (κ2) is 7.20. The van der Waals surface area contributed by atoms with Gasteiger partial charge in [-0.2, -0.15) is 9.57 Å². The van der Waals surface area contributed by atoms with Gasteiger partial charge in [-0.15, -0.1) is 0 Å². The molecule has 2 rings (SSSR count). The van der Waals surface area contributed by atoms with Crippen molar-refractivity contribution in [2.75, 3.05) is 46.4 Å². The first kappa shape index (κ1) is 16.9. The van der Waals surface area contributed by atoms with Crippen LogP contribution in [0.5, 0.6) is 0 Å². The highest BCUT2D eigenvalue weighted by molar-refractivity contribution is 7.89. The van der Waals surface area contributed by atoms with Crippen molar-refractivity contribution in [1.29, 1.82) is 5.26 Å². The van der Waals surface area contributed by atoms with E-state index in [1.54, 1.807) is 26.2 Å². The van der Waals surface area contributed by atoms with Crippen LogP contribution >= 0.6 is 0 Å². The summed E-state index contributed by atoms with van der Waals surface area (Å²) in [5.74, 6) is 0. The molecule has 0 N–H and O–H groups in total. The van der Waals surface area contributed by atoms with Gasteiger partial charge in [-0.1, -0.05) is 6.07 Å². The van der Waals surface area contributed by atoms with Crippen LogP contribution in [0, 0.1) is 18.3 Å². The Labute approximate surface area is 131 Å². The Morgan fingerprint density at radius 3 is 2.55 bits per heavy atom. The third kappa shape index (κ3) is 3.65. The minimum absolute atomic E-state index is 0.233.